The third-order valence-corrected chi connectivity index (χ3v) is 3.87. The van der Waals surface area contributed by atoms with Crippen molar-refractivity contribution in [3.05, 3.63) is 39.5 Å². The van der Waals surface area contributed by atoms with Crippen molar-refractivity contribution in [1.29, 1.82) is 0 Å². The molecule has 4 heteroatoms. The first-order chi connectivity index (χ1) is 8.31. The first-order valence-electron chi connectivity index (χ1n) is 5.95. The van der Waals surface area contributed by atoms with E-state index in [-0.39, 0.29) is 0 Å². The lowest BCUT2D eigenvalue weighted by Crippen LogP contribution is -2.03. The van der Waals surface area contributed by atoms with Crippen LogP contribution >= 0.6 is 11.3 Å². The molecule has 0 aliphatic heterocycles. The van der Waals surface area contributed by atoms with E-state index in [1.807, 2.05) is 6.92 Å². The molecule has 0 aromatic carbocycles. The summed E-state index contributed by atoms with van der Waals surface area (Å²) in [5.74, 6) is 0.969. The van der Waals surface area contributed by atoms with E-state index in [0.717, 1.165) is 29.5 Å². The molecular formula is C13H15N3S. The van der Waals surface area contributed by atoms with Crippen LogP contribution in [-0.4, -0.2) is 9.97 Å². The van der Waals surface area contributed by atoms with Crippen LogP contribution in [0, 0.1) is 6.92 Å². The molecule has 3 nitrogen and oxygen atoms in total. The molecule has 0 saturated heterocycles. The van der Waals surface area contributed by atoms with E-state index in [0.29, 0.717) is 0 Å². The average molecular weight is 245 g/mol. The summed E-state index contributed by atoms with van der Waals surface area (Å²) >= 11 is 1.69. The molecule has 1 aliphatic rings. The van der Waals surface area contributed by atoms with E-state index >= 15 is 0 Å². The third-order valence-electron chi connectivity index (χ3n) is 3.05. The first-order valence-corrected chi connectivity index (χ1v) is 6.83. The van der Waals surface area contributed by atoms with E-state index in [2.05, 4.69) is 32.8 Å². The Bertz CT molecular complexity index is 533. The van der Waals surface area contributed by atoms with Crippen LogP contribution in [0.3, 0.4) is 0 Å². The molecule has 2 aromatic rings. The maximum Gasteiger partial charge on any atom is 0.126 e. The van der Waals surface area contributed by atoms with Gasteiger partial charge in [-0.2, -0.15) is 0 Å². The van der Waals surface area contributed by atoms with Crippen molar-refractivity contribution in [3.8, 4) is 0 Å². The second-order valence-corrected chi connectivity index (χ2v) is 5.43. The van der Waals surface area contributed by atoms with Crippen molar-refractivity contribution in [2.45, 2.75) is 32.7 Å². The number of hydrogen-bond acceptors (Lipinski definition) is 4. The minimum Gasteiger partial charge on any atom is -0.364 e. The predicted molar refractivity (Wildman–Crippen MR) is 70.4 cm³/mol. The zero-order chi connectivity index (χ0) is 11.7. The Hall–Kier alpha value is -1.42. The lowest BCUT2D eigenvalue weighted by atomic mass is 10.2. The lowest BCUT2D eigenvalue weighted by Gasteiger charge is -2.05. The number of thiazole rings is 1. The Morgan fingerprint density at radius 1 is 1.29 bits per heavy atom. The smallest absolute Gasteiger partial charge is 0.126 e. The summed E-state index contributed by atoms with van der Waals surface area (Å²) in [5.41, 5.74) is 3.78. The van der Waals surface area contributed by atoms with Crippen molar-refractivity contribution in [1.82, 2.24) is 9.97 Å². The number of aromatic nitrogens is 2. The Morgan fingerprint density at radius 3 is 3.06 bits per heavy atom. The molecule has 0 fully saturated rings. The molecule has 0 saturated carbocycles. The van der Waals surface area contributed by atoms with Crippen LogP contribution in [0.15, 0.2) is 17.5 Å². The number of rotatable bonds is 3. The Labute approximate surface area is 105 Å². The van der Waals surface area contributed by atoms with Crippen LogP contribution in [0.5, 0.6) is 0 Å². The van der Waals surface area contributed by atoms with Gasteiger partial charge in [-0.25, -0.2) is 9.97 Å². The van der Waals surface area contributed by atoms with Crippen molar-refractivity contribution < 1.29 is 0 Å². The second kappa shape index (κ2) is 4.45. The maximum absolute atomic E-state index is 4.64. The van der Waals surface area contributed by atoms with Gasteiger partial charge in [0.05, 0.1) is 17.2 Å². The summed E-state index contributed by atoms with van der Waals surface area (Å²) in [4.78, 5) is 9.07. The fourth-order valence-corrected chi connectivity index (χ4v) is 2.80. The molecule has 0 spiro atoms. The van der Waals surface area contributed by atoms with E-state index in [9.17, 15) is 0 Å². The molecule has 0 unspecified atom stereocenters. The van der Waals surface area contributed by atoms with Gasteiger partial charge >= 0.3 is 0 Å². The number of nitrogens with one attached hydrogen (secondary N) is 1. The molecule has 2 aromatic heterocycles. The molecule has 0 bridgehead atoms. The maximum atomic E-state index is 4.64. The molecular weight excluding hydrogens is 230 g/mol. The number of pyridine rings is 1. The lowest BCUT2D eigenvalue weighted by molar-refractivity contribution is 0.898. The number of anilines is 1. The number of hydrogen-bond donors (Lipinski definition) is 1. The SMILES string of the molecule is Cc1nc(CNc2ccc3c(n2)CCC3)cs1. The molecule has 0 amide bonds. The average Bonchev–Trinajstić information content (AvgIpc) is 2.94. The highest BCUT2D eigenvalue weighted by Gasteiger charge is 2.12. The normalized spacial score (nSPS) is 13.7. The van der Waals surface area contributed by atoms with Crippen molar-refractivity contribution >= 4 is 17.2 Å². The van der Waals surface area contributed by atoms with Gasteiger partial charge in [-0.15, -0.1) is 11.3 Å². The van der Waals surface area contributed by atoms with Gasteiger partial charge in [0, 0.05) is 11.1 Å². The molecule has 1 N–H and O–H groups in total. The van der Waals surface area contributed by atoms with Crippen LogP contribution in [0.2, 0.25) is 0 Å². The Balaban J connectivity index is 1.69. The molecule has 0 radical (unpaired) electrons. The highest BCUT2D eigenvalue weighted by Crippen LogP contribution is 2.21. The van der Waals surface area contributed by atoms with E-state index in [4.69, 9.17) is 0 Å². The molecule has 3 rings (SSSR count). The van der Waals surface area contributed by atoms with E-state index in [1.54, 1.807) is 11.3 Å². The van der Waals surface area contributed by atoms with Crippen LogP contribution in [-0.2, 0) is 19.4 Å². The van der Waals surface area contributed by atoms with Gasteiger partial charge in [0.1, 0.15) is 5.82 Å². The summed E-state index contributed by atoms with van der Waals surface area (Å²) in [6.07, 6.45) is 3.56. The molecule has 2 heterocycles. The first kappa shape index (κ1) is 10.7. The van der Waals surface area contributed by atoms with E-state index < -0.39 is 0 Å². The number of nitrogens with zero attached hydrogens (tertiary/aromatic N) is 2. The summed E-state index contributed by atoms with van der Waals surface area (Å²) in [7, 11) is 0. The number of aryl methyl sites for hydroxylation is 3. The van der Waals surface area contributed by atoms with Crippen molar-refractivity contribution in [2.24, 2.45) is 0 Å². The van der Waals surface area contributed by atoms with Gasteiger partial charge in [-0.05, 0) is 37.8 Å². The predicted octanol–water partition coefficient (Wildman–Crippen LogP) is 2.95. The Morgan fingerprint density at radius 2 is 2.24 bits per heavy atom. The van der Waals surface area contributed by atoms with Crippen LogP contribution in [0.25, 0.3) is 0 Å². The van der Waals surface area contributed by atoms with E-state index in [1.165, 1.54) is 24.1 Å². The van der Waals surface area contributed by atoms with Crippen LogP contribution in [0.1, 0.15) is 28.4 Å². The topological polar surface area (TPSA) is 37.8 Å². The highest BCUT2D eigenvalue weighted by molar-refractivity contribution is 7.09. The standard InChI is InChI=1S/C13H15N3S/c1-9-15-11(8-17-9)7-14-13-6-5-10-3-2-4-12(10)16-13/h5-6,8H,2-4,7H2,1H3,(H,14,16). The third kappa shape index (κ3) is 2.31. The fourth-order valence-electron chi connectivity index (χ4n) is 2.19. The van der Waals surface area contributed by atoms with Gasteiger partial charge in [-0.1, -0.05) is 6.07 Å². The number of fused-ring (bicyclic) bond motifs is 1. The van der Waals surface area contributed by atoms with Gasteiger partial charge < -0.3 is 5.32 Å². The molecule has 88 valence electrons. The molecule has 17 heavy (non-hydrogen) atoms. The summed E-state index contributed by atoms with van der Waals surface area (Å²) < 4.78 is 0. The van der Waals surface area contributed by atoms with Crippen molar-refractivity contribution in [3.63, 3.8) is 0 Å². The Kier molecular flexibility index (Phi) is 2.81. The second-order valence-electron chi connectivity index (χ2n) is 4.37. The summed E-state index contributed by atoms with van der Waals surface area (Å²) in [5, 5.41) is 6.54. The largest absolute Gasteiger partial charge is 0.364 e. The van der Waals surface area contributed by atoms with Gasteiger partial charge in [0.15, 0.2) is 0 Å². The van der Waals surface area contributed by atoms with Crippen molar-refractivity contribution in [2.75, 3.05) is 5.32 Å². The highest BCUT2D eigenvalue weighted by atomic mass is 32.1. The summed E-state index contributed by atoms with van der Waals surface area (Å²) in [6.45, 7) is 2.79. The minimum atomic E-state index is 0.760. The van der Waals surface area contributed by atoms with Gasteiger partial charge in [0.2, 0.25) is 0 Å². The van der Waals surface area contributed by atoms with Crippen LogP contribution in [0.4, 0.5) is 5.82 Å². The quantitative estimate of drug-likeness (QED) is 0.903. The zero-order valence-corrected chi connectivity index (χ0v) is 10.7. The molecule has 0 atom stereocenters. The zero-order valence-electron chi connectivity index (χ0n) is 9.86. The van der Waals surface area contributed by atoms with Gasteiger partial charge in [0.25, 0.3) is 0 Å². The van der Waals surface area contributed by atoms with Gasteiger partial charge in [-0.3, -0.25) is 0 Å². The molecule has 1 aliphatic carbocycles. The fraction of sp³-hybridized carbons (Fsp3) is 0.385. The summed E-state index contributed by atoms with van der Waals surface area (Å²) in [6, 6.07) is 4.27. The van der Waals surface area contributed by atoms with Crippen LogP contribution < -0.4 is 5.32 Å². The monoisotopic (exact) mass is 245 g/mol. The minimum absolute atomic E-state index is 0.760.